The first-order valence-corrected chi connectivity index (χ1v) is 8.35. The molecule has 1 saturated heterocycles. The molecule has 1 fully saturated rings. The Morgan fingerprint density at radius 1 is 0.864 bits per heavy atom. The molecule has 0 N–H and O–H groups in total. The maximum atomic E-state index is 6.08. The first kappa shape index (κ1) is 15.5. The van der Waals surface area contributed by atoms with E-state index in [2.05, 4.69) is 59.3 Å². The molecule has 0 radical (unpaired) electrons. The summed E-state index contributed by atoms with van der Waals surface area (Å²) in [7, 11) is 2.21. The predicted molar refractivity (Wildman–Crippen MR) is 93.2 cm³/mol. The van der Waals surface area contributed by atoms with E-state index in [4.69, 9.17) is 11.6 Å². The van der Waals surface area contributed by atoms with Gasteiger partial charge in [-0.05, 0) is 49.7 Å². The van der Waals surface area contributed by atoms with Gasteiger partial charge in [0.25, 0.3) is 0 Å². The van der Waals surface area contributed by atoms with Gasteiger partial charge in [0.1, 0.15) is 0 Å². The molecule has 116 valence electrons. The number of halogens is 1. The van der Waals surface area contributed by atoms with Gasteiger partial charge >= 0.3 is 0 Å². The van der Waals surface area contributed by atoms with Gasteiger partial charge in [-0.3, -0.25) is 9.80 Å². The number of nitrogens with zero attached hydrogens (tertiary/aromatic N) is 2. The molecular weight excluding hydrogens is 292 g/mol. The van der Waals surface area contributed by atoms with Crippen molar-refractivity contribution < 1.29 is 0 Å². The smallest absolute Gasteiger partial charge is 0.0613 e. The zero-order chi connectivity index (χ0) is 15.4. The first-order valence-electron chi connectivity index (χ1n) is 7.97. The van der Waals surface area contributed by atoms with Crippen LogP contribution in [0.2, 0.25) is 5.02 Å². The Bertz CT molecular complexity index is 582. The van der Waals surface area contributed by atoms with Crippen LogP contribution in [0, 0.1) is 0 Å². The highest BCUT2D eigenvalue weighted by molar-refractivity contribution is 6.30. The van der Waals surface area contributed by atoms with E-state index in [-0.39, 0.29) is 0 Å². The van der Waals surface area contributed by atoms with Crippen molar-refractivity contribution in [2.24, 2.45) is 0 Å². The van der Waals surface area contributed by atoms with Crippen LogP contribution in [-0.4, -0.2) is 36.6 Å². The summed E-state index contributed by atoms with van der Waals surface area (Å²) < 4.78 is 0. The average Bonchev–Trinajstić information content (AvgIpc) is 2.75. The lowest BCUT2D eigenvalue weighted by atomic mass is 9.97. The van der Waals surface area contributed by atoms with Crippen LogP contribution in [0.25, 0.3) is 0 Å². The quantitative estimate of drug-likeness (QED) is 0.827. The predicted octanol–water partition coefficient (Wildman–Crippen LogP) is 4.41. The third-order valence-electron chi connectivity index (χ3n) is 4.32. The zero-order valence-corrected chi connectivity index (χ0v) is 13.8. The largest absolute Gasteiger partial charge is 0.294 e. The van der Waals surface area contributed by atoms with E-state index in [1.807, 2.05) is 12.1 Å². The molecule has 0 amide bonds. The SMILES string of the molecule is CN1CCCCN(C(c2ccccc2)c2ccc(Cl)cc2)C1. The summed E-state index contributed by atoms with van der Waals surface area (Å²) in [5.41, 5.74) is 2.66. The lowest BCUT2D eigenvalue weighted by Gasteiger charge is -2.33. The third kappa shape index (κ3) is 3.70. The molecule has 0 aliphatic carbocycles. The summed E-state index contributed by atoms with van der Waals surface area (Å²) in [5, 5.41) is 0.795. The van der Waals surface area contributed by atoms with E-state index in [1.165, 1.54) is 30.5 Å². The van der Waals surface area contributed by atoms with Gasteiger partial charge in [0, 0.05) is 11.6 Å². The molecule has 3 rings (SSSR count). The maximum absolute atomic E-state index is 6.08. The second kappa shape index (κ2) is 7.28. The Kier molecular flexibility index (Phi) is 5.14. The van der Waals surface area contributed by atoms with E-state index in [0.717, 1.165) is 18.2 Å². The maximum Gasteiger partial charge on any atom is 0.0613 e. The lowest BCUT2D eigenvalue weighted by Crippen LogP contribution is -2.37. The van der Waals surface area contributed by atoms with E-state index in [1.54, 1.807) is 0 Å². The second-order valence-electron chi connectivity index (χ2n) is 6.11. The molecule has 2 nitrogen and oxygen atoms in total. The van der Waals surface area contributed by atoms with Crippen LogP contribution in [0.3, 0.4) is 0 Å². The van der Waals surface area contributed by atoms with Crippen molar-refractivity contribution in [3.8, 4) is 0 Å². The van der Waals surface area contributed by atoms with Gasteiger partial charge in [0.15, 0.2) is 0 Å². The Morgan fingerprint density at radius 3 is 2.23 bits per heavy atom. The molecule has 2 aromatic rings. The first-order chi connectivity index (χ1) is 10.7. The molecule has 22 heavy (non-hydrogen) atoms. The fraction of sp³-hybridized carbons (Fsp3) is 0.368. The topological polar surface area (TPSA) is 6.48 Å². The van der Waals surface area contributed by atoms with Gasteiger partial charge in [-0.15, -0.1) is 0 Å². The van der Waals surface area contributed by atoms with Gasteiger partial charge in [0.2, 0.25) is 0 Å². The Labute approximate surface area is 138 Å². The van der Waals surface area contributed by atoms with Gasteiger partial charge in [0.05, 0.1) is 12.7 Å². The molecule has 0 spiro atoms. The minimum atomic E-state index is 0.291. The monoisotopic (exact) mass is 314 g/mol. The van der Waals surface area contributed by atoms with Gasteiger partial charge < -0.3 is 0 Å². The molecule has 3 heteroatoms. The normalized spacial score (nSPS) is 18.8. The molecular formula is C19H23ClN2. The van der Waals surface area contributed by atoms with Crippen LogP contribution >= 0.6 is 11.6 Å². The van der Waals surface area contributed by atoms with E-state index < -0.39 is 0 Å². The fourth-order valence-electron chi connectivity index (χ4n) is 3.25. The highest BCUT2D eigenvalue weighted by atomic mass is 35.5. The van der Waals surface area contributed by atoms with Crippen molar-refractivity contribution in [3.63, 3.8) is 0 Å². The molecule has 0 aromatic heterocycles. The highest BCUT2D eigenvalue weighted by Crippen LogP contribution is 2.30. The summed E-state index contributed by atoms with van der Waals surface area (Å²) in [5.74, 6) is 0. The average molecular weight is 315 g/mol. The van der Waals surface area contributed by atoms with Crippen LogP contribution < -0.4 is 0 Å². The van der Waals surface area contributed by atoms with Gasteiger partial charge in [-0.2, -0.15) is 0 Å². The number of hydrogen-bond donors (Lipinski definition) is 0. The van der Waals surface area contributed by atoms with Gasteiger partial charge in [-0.1, -0.05) is 54.1 Å². The summed E-state index contributed by atoms with van der Waals surface area (Å²) in [6, 6.07) is 19.4. The molecule has 1 atom stereocenters. The standard InChI is InChI=1S/C19H23ClN2/c1-21-13-5-6-14-22(15-21)19(16-7-3-2-4-8-16)17-9-11-18(20)12-10-17/h2-4,7-12,19H,5-6,13-15H2,1H3. The molecule has 0 saturated carbocycles. The minimum absolute atomic E-state index is 0.291. The van der Waals surface area contributed by atoms with Crippen LogP contribution in [0.4, 0.5) is 0 Å². The van der Waals surface area contributed by atoms with Crippen LogP contribution in [-0.2, 0) is 0 Å². The molecule has 2 aromatic carbocycles. The number of rotatable bonds is 3. The highest BCUT2D eigenvalue weighted by Gasteiger charge is 2.24. The summed E-state index contributed by atoms with van der Waals surface area (Å²) in [6.45, 7) is 3.31. The van der Waals surface area contributed by atoms with Crippen LogP contribution in [0.5, 0.6) is 0 Å². The third-order valence-corrected chi connectivity index (χ3v) is 4.58. The summed E-state index contributed by atoms with van der Waals surface area (Å²) in [6.07, 6.45) is 2.52. The Morgan fingerprint density at radius 2 is 1.50 bits per heavy atom. The van der Waals surface area contributed by atoms with Gasteiger partial charge in [-0.25, -0.2) is 0 Å². The molecule has 1 aliphatic rings. The molecule has 1 unspecified atom stereocenters. The van der Waals surface area contributed by atoms with Crippen molar-refractivity contribution in [3.05, 3.63) is 70.7 Å². The fourth-order valence-corrected chi connectivity index (χ4v) is 3.38. The summed E-state index contributed by atoms with van der Waals surface area (Å²) in [4.78, 5) is 4.99. The molecule has 1 aliphatic heterocycles. The lowest BCUT2D eigenvalue weighted by molar-refractivity contribution is 0.148. The Hall–Kier alpha value is -1.35. The second-order valence-corrected chi connectivity index (χ2v) is 6.54. The van der Waals surface area contributed by atoms with Crippen molar-refractivity contribution in [1.82, 2.24) is 9.80 Å². The van der Waals surface area contributed by atoms with E-state index in [9.17, 15) is 0 Å². The Balaban J connectivity index is 1.97. The summed E-state index contributed by atoms with van der Waals surface area (Å²) >= 11 is 6.08. The van der Waals surface area contributed by atoms with E-state index >= 15 is 0 Å². The van der Waals surface area contributed by atoms with Crippen LogP contribution in [0.1, 0.15) is 30.0 Å². The van der Waals surface area contributed by atoms with E-state index in [0.29, 0.717) is 6.04 Å². The van der Waals surface area contributed by atoms with Crippen molar-refractivity contribution in [2.45, 2.75) is 18.9 Å². The minimum Gasteiger partial charge on any atom is -0.294 e. The van der Waals surface area contributed by atoms with Crippen molar-refractivity contribution >= 4 is 11.6 Å². The number of hydrogen-bond acceptors (Lipinski definition) is 2. The number of benzene rings is 2. The molecule has 1 heterocycles. The van der Waals surface area contributed by atoms with Crippen molar-refractivity contribution in [1.29, 1.82) is 0 Å². The zero-order valence-electron chi connectivity index (χ0n) is 13.1. The van der Waals surface area contributed by atoms with Crippen molar-refractivity contribution in [2.75, 3.05) is 26.8 Å². The van der Waals surface area contributed by atoms with Crippen LogP contribution in [0.15, 0.2) is 54.6 Å². The molecule has 0 bridgehead atoms.